The Morgan fingerprint density at radius 3 is 2.07 bits per heavy atom. The summed E-state index contributed by atoms with van der Waals surface area (Å²) in [5.41, 5.74) is 5.47. The first-order chi connectivity index (χ1) is 19.6. The maximum Gasteiger partial charge on any atom is 0.242 e. The van der Waals surface area contributed by atoms with Crippen LogP contribution in [0.1, 0.15) is 43.9 Å². The van der Waals surface area contributed by atoms with Crippen molar-refractivity contribution in [1.82, 2.24) is 14.8 Å². The van der Waals surface area contributed by atoms with E-state index in [1.54, 1.807) is 4.90 Å². The van der Waals surface area contributed by atoms with E-state index in [-0.39, 0.29) is 23.8 Å². The molecule has 4 aromatic rings. The van der Waals surface area contributed by atoms with Crippen LogP contribution in [0.4, 0.5) is 5.69 Å². The van der Waals surface area contributed by atoms with Gasteiger partial charge in [0.05, 0.1) is 6.54 Å². The van der Waals surface area contributed by atoms with Crippen LogP contribution in [0, 0.1) is 5.41 Å². The molecule has 3 aromatic carbocycles. The Morgan fingerprint density at radius 1 is 0.732 bits per heavy atom. The Balaban J connectivity index is 1.54. The maximum absolute atomic E-state index is 14.0. The molecule has 4 rings (SSSR count). The molecule has 0 radical (unpaired) electrons. The van der Waals surface area contributed by atoms with Gasteiger partial charge in [-0.15, -0.1) is 0 Å². The van der Waals surface area contributed by atoms with Gasteiger partial charge < -0.3 is 19.7 Å². The number of amides is 2. The van der Waals surface area contributed by atoms with Gasteiger partial charge in [0.2, 0.25) is 11.8 Å². The predicted molar refractivity (Wildman–Crippen MR) is 169 cm³/mol. The average Bonchev–Trinajstić information content (AvgIpc) is 3.36. The van der Waals surface area contributed by atoms with Gasteiger partial charge in [-0.25, -0.2) is 0 Å². The summed E-state index contributed by atoms with van der Waals surface area (Å²) in [6, 6.07) is 26.7. The van der Waals surface area contributed by atoms with Gasteiger partial charge in [-0.05, 0) is 53.1 Å². The number of nitrogens with zero attached hydrogens (tertiary/aromatic N) is 3. The summed E-state index contributed by atoms with van der Waals surface area (Å²) >= 11 is 0. The minimum atomic E-state index is -0.158. The zero-order valence-corrected chi connectivity index (χ0v) is 25.2. The van der Waals surface area contributed by atoms with Gasteiger partial charge in [0.1, 0.15) is 0 Å². The number of aromatic nitrogens is 1. The van der Waals surface area contributed by atoms with E-state index in [9.17, 15) is 9.59 Å². The molecule has 0 bridgehead atoms. The highest BCUT2D eigenvalue weighted by molar-refractivity contribution is 5.85. The van der Waals surface area contributed by atoms with Crippen molar-refractivity contribution < 1.29 is 9.59 Å². The van der Waals surface area contributed by atoms with E-state index in [2.05, 4.69) is 79.2 Å². The van der Waals surface area contributed by atoms with Crippen molar-refractivity contribution in [2.75, 3.05) is 38.6 Å². The van der Waals surface area contributed by atoms with Gasteiger partial charge in [0.25, 0.3) is 0 Å². The van der Waals surface area contributed by atoms with Gasteiger partial charge in [-0.2, -0.15) is 0 Å². The number of aromatic amines is 1. The topological polar surface area (TPSA) is 59.7 Å². The fourth-order valence-electron chi connectivity index (χ4n) is 5.04. The highest BCUT2D eigenvalue weighted by atomic mass is 16.2. The fraction of sp³-hybridized carbons (Fsp3) is 0.371. The third-order valence-corrected chi connectivity index (χ3v) is 7.38. The number of carbonyl (C=O) groups excluding carboxylic acids is 2. The van der Waals surface area contributed by atoms with Crippen LogP contribution in [-0.4, -0.2) is 60.3 Å². The van der Waals surface area contributed by atoms with Crippen molar-refractivity contribution in [3.8, 4) is 0 Å². The Labute approximate surface area is 245 Å². The number of hydrogen-bond donors (Lipinski definition) is 1. The van der Waals surface area contributed by atoms with Crippen LogP contribution in [-0.2, 0) is 29.0 Å². The van der Waals surface area contributed by atoms with E-state index in [1.165, 1.54) is 10.9 Å². The van der Waals surface area contributed by atoms with Crippen LogP contribution in [0.2, 0.25) is 0 Å². The average molecular weight is 553 g/mol. The normalized spacial score (nSPS) is 11.4. The third-order valence-electron chi connectivity index (χ3n) is 7.38. The molecule has 0 atom stereocenters. The SMILES string of the molecule is CN(C)c1ccc(CN(CCc2c[nH]c3ccccc23)C(=O)CN(CCc2ccccc2)C(=O)CC(C)(C)C)cc1. The molecular formula is C35H44N4O2. The van der Waals surface area contributed by atoms with Gasteiger partial charge in [-0.1, -0.05) is 81.4 Å². The lowest BCUT2D eigenvalue weighted by molar-refractivity contribution is -0.141. The molecule has 0 saturated heterocycles. The zero-order valence-electron chi connectivity index (χ0n) is 25.2. The minimum absolute atomic E-state index is 0.0219. The Morgan fingerprint density at radius 2 is 1.39 bits per heavy atom. The van der Waals surface area contributed by atoms with E-state index in [1.807, 2.05) is 55.5 Å². The fourth-order valence-corrected chi connectivity index (χ4v) is 5.04. The Bertz CT molecular complexity index is 1420. The van der Waals surface area contributed by atoms with Crippen LogP contribution in [0.3, 0.4) is 0 Å². The number of carbonyl (C=O) groups is 2. The zero-order chi connectivity index (χ0) is 29.4. The number of rotatable bonds is 12. The van der Waals surface area contributed by atoms with Gasteiger partial charge in [0.15, 0.2) is 0 Å². The lowest BCUT2D eigenvalue weighted by Crippen LogP contribution is -2.44. The lowest BCUT2D eigenvalue weighted by Gasteiger charge is -2.30. The summed E-state index contributed by atoms with van der Waals surface area (Å²) < 4.78 is 0. The molecule has 216 valence electrons. The van der Waals surface area contributed by atoms with E-state index in [0.717, 1.165) is 28.8 Å². The first-order valence-corrected chi connectivity index (χ1v) is 14.5. The molecule has 0 aliphatic rings. The first-order valence-electron chi connectivity index (χ1n) is 14.5. The van der Waals surface area contributed by atoms with Crippen LogP contribution in [0.25, 0.3) is 10.9 Å². The number of nitrogens with one attached hydrogen (secondary N) is 1. The van der Waals surface area contributed by atoms with Gasteiger partial charge in [0, 0.05) is 62.9 Å². The monoisotopic (exact) mass is 552 g/mol. The molecular weight excluding hydrogens is 508 g/mol. The van der Waals surface area contributed by atoms with E-state index >= 15 is 0 Å². The van der Waals surface area contributed by atoms with Crippen LogP contribution < -0.4 is 4.90 Å². The quantitative estimate of drug-likeness (QED) is 0.224. The van der Waals surface area contributed by atoms with Crippen LogP contribution >= 0.6 is 0 Å². The highest BCUT2D eigenvalue weighted by Gasteiger charge is 2.25. The standard InChI is InChI=1S/C35H44N4O2/c1-35(2,3)23-33(40)39(21-19-27-11-7-6-8-12-27)26-34(41)38(25-28-15-17-30(18-16-28)37(4)5)22-20-29-24-36-32-14-10-9-13-31(29)32/h6-18,24,36H,19-23,25-26H2,1-5H3. The second-order valence-electron chi connectivity index (χ2n) is 12.3. The molecule has 0 aliphatic heterocycles. The Hall–Kier alpha value is -4.06. The summed E-state index contributed by atoms with van der Waals surface area (Å²) in [7, 11) is 4.04. The molecule has 2 amide bonds. The van der Waals surface area contributed by atoms with E-state index in [0.29, 0.717) is 32.5 Å². The highest BCUT2D eigenvalue weighted by Crippen LogP contribution is 2.22. The molecule has 0 saturated carbocycles. The van der Waals surface area contributed by atoms with Crippen molar-refractivity contribution in [3.05, 3.63) is 102 Å². The maximum atomic E-state index is 14.0. The summed E-state index contributed by atoms with van der Waals surface area (Å²) in [4.78, 5) is 36.5. The third kappa shape index (κ3) is 8.71. The number of H-pyrrole nitrogens is 1. The summed E-state index contributed by atoms with van der Waals surface area (Å²) in [6.45, 7) is 7.84. The van der Waals surface area contributed by atoms with Crippen LogP contribution in [0.15, 0.2) is 85.1 Å². The molecule has 0 spiro atoms. The molecule has 1 aromatic heterocycles. The van der Waals surface area contributed by atoms with E-state index < -0.39 is 0 Å². The second-order valence-corrected chi connectivity index (χ2v) is 12.3. The number of benzene rings is 3. The summed E-state index contributed by atoms with van der Waals surface area (Å²) in [5, 5.41) is 1.18. The summed E-state index contributed by atoms with van der Waals surface area (Å²) in [5.74, 6) is -0.00876. The molecule has 0 aliphatic carbocycles. The first kappa shape index (κ1) is 29.9. The number of para-hydroxylation sites is 1. The lowest BCUT2D eigenvalue weighted by atomic mass is 9.91. The Kier molecular flexibility index (Phi) is 9.87. The number of hydrogen-bond acceptors (Lipinski definition) is 3. The number of fused-ring (bicyclic) bond motifs is 1. The van der Waals surface area contributed by atoms with Crippen molar-refractivity contribution in [1.29, 1.82) is 0 Å². The molecule has 1 heterocycles. The summed E-state index contributed by atoms with van der Waals surface area (Å²) in [6.07, 6.45) is 3.88. The van der Waals surface area contributed by atoms with Crippen molar-refractivity contribution in [2.45, 2.75) is 46.6 Å². The predicted octanol–water partition coefficient (Wildman–Crippen LogP) is 6.31. The van der Waals surface area contributed by atoms with Crippen LogP contribution in [0.5, 0.6) is 0 Å². The second kappa shape index (κ2) is 13.5. The van der Waals surface area contributed by atoms with Crippen molar-refractivity contribution in [2.24, 2.45) is 5.41 Å². The smallest absolute Gasteiger partial charge is 0.242 e. The molecule has 1 N–H and O–H groups in total. The van der Waals surface area contributed by atoms with Gasteiger partial charge in [-0.3, -0.25) is 9.59 Å². The van der Waals surface area contributed by atoms with Gasteiger partial charge >= 0.3 is 0 Å². The largest absolute Gasteiger partial charge is 0.378 e. The minimum Gasteiger partial charge on any atom is -0.378 e. The van der Waals surface area contributed by atoms with Crippen molar-refractivity contribution in [3.63, 3.8) is 0 Å². The molecule has 0 unspecified atom stereocenters. The molecule has 6 nitrogen and oxygen atoms in total. The van der Waals surface area contributed by atoms with Crippen molar-refractivity contribution >= 4 is 28.4 Å². The molecule has 0 fully saturated rings. The molecule has 41 heavy (non-hydrogen) atoms. The molecule has 6 heteroatoms. The van der Waals surface area contributed by atoms with E-state index in [4.69, 9.17) is 0 Å². The number of anilines is 1.